The van der Waals surface area contributed by atoms with Crippen LogP contribution < -0.4 is 5.32 Å². The van der Waals surface area contributed by atoms with Crippen LogP contribution in [0.15, 0.2) is 18.2 Å². The molecule has 1 aliphatic rings. The Labute approximate surface area is 128 Å². The first-order valence-electron chi connectivity index (χ1n) is 7.99. The van der Waals surface area contributed by atoms with E-state index in [0.29, 0.717) is 11.8 Å². The first kappa shape index (κ1) is 16.0. The second-order valence-corrected chi connectivity index (χ2v) is 6.88. The van der Waals surface area contributed by atoms with Crippen LogP contribution >= 0.6 is 0 Å². The molecule has 3 nitrogen and oxygen atoms in total. The van der Waals surface area contributed by atoms with Crippen LogP contribution in [0.3, 0.4) is 0 Å². The predicted octanol–water partition coefficient (Wildman–Crippen LogP) is 3.61. The van der Waals surface area contributed by atoms with Crippen LogP contribution in [0.25, 0.3) is 0 Å². The summed E-state index contributed by atoms with van der Waals surface area (Å²) in [6.07, 6.45) is 1.27. The third kappa shape index (κ3) is 4.07. The normalized spacial score (nSPS) is 24.6. The molecule has 1 saturated heterocycles. The molecule has 1 N–H and O–H groups in total. The van der Waals surface area contributed by atoms with Gasteiger partial charge >= 0.3 is 0 Å². The quantitative estimate of drug-likeness (QED) is 0.921. The molecule has 21 heavy (non-hydrogen) atoms. The first-order valence-corrected chi connectivity index (χ1v) is 7.99. The third-order valence-corrected chi connectivity index (χ3v) is 4.48. The van der Waals surface area contributed by atoms with E-state index in [0.717, 1.165) is 24.3 Å². The van der Waals surface area contributed by atoms with Crippen LogP contribution in [0.5, 0.6) is 0 Å². The molecule has 3 unspecified atom stereocenters. The average molecular weight is 288 g/mol. The molecular weight excluding hydrogens is 260 g/mol. The Bertz CT molecular complexity index is 502. The Morgan fingerprint density at radius 3 is 2.48 bits per heavy atom. The van der Waals surface area contributed by atoms with Crippen LogP contribution in [0.4, 0.5) is 5.69 Å². The molecule has 0 bridgehead atoms. The Hall–Kier alpha value is -1.35. The minimum Gasteiger partial charge on any atom is -0.324 e. The van der Waals surface area contributed by atoms with Gasteiger partial charge in [0.1, 0.15) is 0 Å². The van der Waals surface area contributed by atoms with Gasteiger partial charge in [0.05, 0.1) is 6.04 Å². The van der Waals surface area contributed by atoms with Crippen molar-refractivity contribution >= 4 is 11.6 Å². The van der Waals surface area contributed by atoms with Crippen molar-refractivity contribution in [3.63, 3.8) is 0 Å². The van der Waals surface area contributed by atoms with Gasteiger partial charge in [0.2, 0.25) is 5.91 Å². The topological polar surface area (TPSA) is 32.3 Å². The maximum Gasteiger partial charge on any atom is 0.241 e. The van der Waals surface area contributed by atoms with Gasteiger partial charge in [-0.3, -0.25) is 9.69 Å². The molecule has 1 aliphatic heterocycles. The Balaban J connectivity index is 2.04. The maximum absolute atomic E-state index is 12.5. The van der Waals surface area contributed by atoms with Gasteiger partial charge in [-0.25, -0.2) is 0 Å². The van der Waals surface area contributed by atoms with E-state index in [4.69, 9.17) is 0 Å². The second kappa shape index (κ2) is 6.61. The summed E-state index contributed by atoms with van der Waals surface area (Å²) in [5, 5.41) is 3.10. The van der Waals surface area contributed by atoms with Crippen LogP contribution in [-0.2, 0) is 4.79 Å². The zero-order valence-electron chi connectivity index (χ0n) is 13.9. The molecular formula is C18H28N2O. The summed E-state index contributed by atoms with van der Waals surface area (Å²) in [4.78, 5) is 14.9. The molecule has 0 aromatic heterocycles. The zero-order valence-corrected chi connectivity index (χ0v) is 13.9. The van der Waals surface area contributed by atoms with Gasteiger partial charge in [0.15, 0.2) is 0 Å². The largest absolute Gasteiger partial charge is 0.324 e. The fraction of sp³-hybridized carbons (Fsp3) is 0.611. The van der Waals surface area contributed by atoms with Crippen LogP contribution in [0.2, 0.25) is 0 Å². The first-order chi connectivity index (χ1) is 9.86. The van der Waals surface area contributed by atoms with E-state index in [2.05, 4.69) is 36.2 Å². The zero-order chi connectivity index (χ0) is 15.6. The summed E-state index contributed by atoms with van der Waals surface area (Å²) in [5.41, 5.74) is 3.22. The Kier molecular flexibility index (Phi) is 5.04. The van der Waals surface area contributed by atoms with Gasteiger partial charge in [-0.15, -0.1) is 0 Å². The molecule has 1 heterocycles. The van der Waals surface area contributed by atoms with Crippen LogP contribution in [0.1, 0.15) is 38.3 Å². The molecule has 0 aliphatic carbocycles. The summed E-state index contributed by atoms with van der Waals surface area (Å²) >= 11 is 0. The second-order valence-electron chi connectivity index (χ2n) is 6.88. The van der Waals surface area contributed by atoms with Gasteiger partial charge in [-0.05, 0) is 56.2 Å². The minimum absolute atomic E-state index is 0.0740. The van der Waals surface area contributed by atoms with E-state index < -0.39 is 0 Å². The fourth-order valence-corrected chi connectivity index (χ4v) is 3.30. The highest BCUT2D eigenvalue weighted by molar-refractivity contribution is 5.95. The highest BCUT2D eigenvalue weighted by Gasteiger charge is 2.28. The maximum atomic E-state index is 12.5. The van der Waals surface area contributed by atoms with Gasteiger partial charge in [-0.2, -0.15) is 0 Å². The van der Waals surface area contributed by atoms with Crippen molar-refractivity contribution in [1.82, 2.24) is 4.90 Å². The highest BCUT2D eigenvalue weighted by Crippen LogP contribution is 2.23. The monoisotopic (exact) mass is 288 g/mol. The Morgan fingerprint density at radius 2 is 1.86 bits per heavy atom. The minimum atomic E-state index is -0.0740. The fourth-order valence-electron chi connectivity index (χ4n) is 3.30. The molecule has 3 heteroatoms. The number of hydrogen-bond acceptors (Lipinski definition) is 2. The van der Waals surface area contributed by atoms with Crippen molar-refractivity contribution in [3.8, 4) is 0 Å². The number of benzene rings is 1. The van der Waals surface area contributed by atoms with Crippen molar-refractivity contribution < 1.29 is 4.79 Å². The lowest BCUT2D eigenvalue weighted by Crippen LogP contribution is -2.48. The van der Waals surface area contributed by atoms with E-state index >= 15 is 0 Å². The number of rotatable bonds is 3. The summed E-state index contributed by atoms with van der Waals surface area (Å²) in [7, 11) is 0. The number of anilines is 1. The van der Waals surface area contributed by atoms with Crippen LogP contribution in [0, 0.1) is 25.7 Å². The summed E-state index contributed by atoms with van der Waals surface area (Å²) in [6, 6.07) is 6.10. The molecule has 1 fully saturated rings. The number of piperidine rings is 1. The smallest absolute Gasteiger partial charge is 0.241 e. The van der Waals surface area contributed by atoms with Gasteiger partial charge in [-0.1, -0.05) is 26.0 Å². The van der Waals surface area contributed by atoms with E-state index in [1.807, 2.05) is 26.8 Å². The SMILES string of the molecule is Cc1ccc(C)c(NC(=O)C(C)N2CC(C)CC(C)C2)c1. The number of likely N-dealkylation sites (tertiary alicyclic amines) is 1. The number of carbonyl (C=O) groups is 1. The van der Waals surface area contributed by atoms with Crippen molar-refractivity contribution in [2.45, 2.75) is 47.1 Å². The molecule has 1 amide bonds. The van der Waals surface area contributed by atoms with Crippen molar-refractivity contribution in [2.75, 3.05) is 18.4 Å². The summed E-state index contributed by atoms with van der Waals surface area (Å²) in [5.74, 6) is 1.44. The molecule has 1 aromatic carbocycles. The molecule has 0 radical (unpaired) electrons. The van der Waals surface area contributed by atoms with Crippen molar-refractivity contribution in [1.29, 1.82) is 0 Å². The number of amides is 1. The molecule has 116 valence electrons. The average Bonchev–Trinajstić information content (AvgIpc) is 2.41. The van der Waals surface area contributed by atoms with Crippen molar-refractivity contribution in [2.24, 2.45) is 11.8 Å². The molecule has 0 spiro atoms. The number of carbonyl (C=O) groups excluding carboxylic acids is 1. The van der Waals surface area contributed by atoms with E-state index in [1.54, 1.807) is 0 Å². The molecule has 1 aromatic rings. The lowest BCUT2D eigenvalue weighted by Gasteiger charge is -2.38. The number of nitrogens with zero attached hydrogens (tertiary/aromatic N) is 1. The molecule has 3 atom stereocenters. The number of aryl methyl sites for hydroxylation is 2. The standard InChI is InChI=1S/C18H28N2O/c1-12-6-7-15(4)17(9-12)19-18(21)16(5)20-10-13(2)8-14(3)11-20/h6-7,9,13-14,16H,8,10-11H2,1-5H3,(H,19,21). The van der Waals surface area contributed by atoms with E-state index in [9.17, 15) is 4.79 Å². The van der Waals surface area contributed by atoms with Crippen LogP contribution in [-0.4, -0.2) is 29.9 Å². The Morgan fingerprint density at radius 1 is 1.24 bits per heavy atom. The summed E-state index contributed by atoms with van der Waals surface area (Å²) in [6.45, 7) is 12.7. The molecule has 2 rings (SSSR count). The van der Waals surface area contributed by atoms with Gasteiger partial charge < -0.3 is 5.32 Å². The van der Waals surface area contributed by atoms with Gasteiger partial charge in [0.25, 0.3) is 0 Å². The van der Waals surface area contributed by atoms with Crippen molar-refractivity contribution in [3.05, 3.63) is 29.3 Å². The summed E-state index contributed by atoms with van der Waals surface area (Å²) < 4.78 is 0. The predicted molar refractivity (Wildman–Crippen MR) is 88.5 cm³/mol. The van der Waals surface area contributed by atoms with E-state index in [-0.39, 0.29) is 11.9 Å². The number of nitrogens with one attached hydrogen (secondary N) is 1. The lowest BCUT2D eigenvalue weighted by atomic mass is 9.91. The van der Waals surface area contributed by atoms with Gasteiger partial charge in [0, 0.05) is 18.8 Å². The molecule has 0 saturated carbocycles. The highest BCUT2D eigenvalue weighted by atomic mass is 16.2. The lowest BCUT2D eigenvalue weighted by molar-refractivity contribution is -0.121. The van der Waals surface area contributed by atoms with E-state index in [1.165, 1.54) is 12.0 Å². The third-order valence-electron chi connectivity index (χ3n) is 4.48. The number of hydrogen-bond donors (Lipinski definition) is 1.